The minimum Gasteiger partial charge on any atom is -0.496 e. The van der Waals surface area contributed by atoms with E-state index < -0.39 is 0 Å². The molecular formula is C13H21NO2. The third-order valence-corrected chi connectivity index (χ3v) is 2.53. The van der Waals surface area contributed by atoms with Crippen LogP contribution in [0.5, 0.6) is 5.75 Å². The van der Waals surface area contributed by atoms with Gasteiger partial charge in [0, 0.05) is 18.2 Å². The Bertz CT molecular complexity index is 313. The summed E-state index contributed by atoms with van der Waals surface area (Å²) in [6.45, 7) is 4.64. The number of benzene rings is 1. The molecule has 1 rings (SSSR count). The Morgan fingerprint density at radius 1 is 1.31 bits per heavy atom. The number of aliphatic hydroxyl groups is 1. The normalized spacial score (nSPS) is 14.5. The van der Waals surface area contributed by atoms with Gasteiger partial charge in [0.1, 0.15) is 5.75 Å². The standard InChI is InChI=1S/C13H21NO2/c1-10(8-11(2)15)14-9-12-6-4-5-7-13(12)16-3/h4-7,10-11,14-15H,8-9H2,1-3H3. The van der Waals surface area contributed by atoms with Gasteiger partial charge in [-0.05, 0) is 26.3 Å². The molecule has 1 aromatic carbocycles. The molecular weight excluding hydrogens is 202 g/mol. The molecule has 0 bridgehead atoms. The molecule has 1 aromatic rings. The maximum absolute atomic E-state index is 9.26. The first-order chi connectivity index (χ1) is 7.63. The van der Waals surface area contributed by atoms with Crippen molar-refractivity contribution in [1.82, 2.24) is 5.32 Å². The largest absolute Gasteiger partial charge is 0.496 e. The molecule has 90 valence electrons. The first-order valence-corrected chi connectivity index (χ1v) is 5.66. The van der Waals surface area contributed by atoms with Gasteiger partial charge in [-0.15, -0.1) is 0 Å². The van der Waals surface area contributed by atoms with Crippen LogP contribution in [0.4, 0.5) is 0 Å². The third kappa shape index (κ3) is 4.21. The van der Waals surface area contributed by atoms with Gasteiger partial charge in [0.2, 0.25) is 0 Å². The Kier molecular flexibility index (Phi) is 5.29. The van der Waals surface area contributed by atoms with Crippen LogP contribution in [0.1, 0.15) is 25.8 Å². The van der Waals surface area contributed by atoms with Crippen LogP contribution < -0.4 is 10.1 Å². The predicted molar refractivity (Wildman–Crippen MR) is 65.6 cm³/mol. The van der Waals surface area contributed by atoms with Crippen molar-refractivity contribution in [2.75, 3.05) is 7.11 Å². The second kappa shape index (κ2) is 6.51. The Morgan fingerprint density at radius 3 is 2.62 bits per heavy atom. The van der Waals surface area contributed by atoms with Crippen molar-refractivity contribution in [2.45, 2.75) is 39.0 Å². The van der Waals surface area contributed by atoms with E-state index in [0.717, 1.165) is 24.3 Å². The molecule has 0 radical (unpaired) electrons. The van der Waals surface area contributed by atoms with E-state index in [1.807, 2.05) is 24.3 Å². The molecule has 0 aromatic heterocycles. The van der Waals surface area contributed by atoms with Crippen LogP contribution in [0.15, 0.2) is 24.3 Å². The summed E-state index contributed by atoms with van der Waals surface area (Å²) >= 11 is 0. The van der Waals surface area contributed by atoms with E-state index in [0.29, 0.717) is 6.04 Å². The molecule has 3 nitrogen and oxygen atoms in total. The molecule has 0 aliphatic heterocycles. The van der Waals surface area contributed by atoms with Crippen molar-refractivity contribution in [3.8, 4) is 5.75 Å². The highest BCUT2D eigenvalue weighted by Crippen LogP contribution is 2.17. The molecule has 3 heteroatoms. The molecule has 2 N–H and O–H groups in total. The van der Waals surface area contributed by atoms with Crippen LogP contribution >= 0.6 is 0 Å². The fourth-order valence-corrected chi connectivity index (χ4v) is 1.73. The van der Waals surface area contributed by atoms with Crippen LogP contribution in [-0.2, 0) is 6.54 Å². The zero-order chi connectivity index (χ0) is 12.0. The van der Waals surface area contributed by atoms with Crippen LogP contribution in [0.3, 0.4) is 0 Å². The van der Waals surface area contributed by atoms with Gasteiger partial charge in [-0.1, -0.05) is 18.2 Å². The zero-order valence-electron chi connectivity index (χ0n) is 10.2. The number of nitrogens with one attached hydrogen (secondary N) is 1. The number of aliphatic hydroxyl groups excluding tert-OH is 1. The fourth-order valence-electron chi connectivity index (χ4n) is 1.73. The average Bonchev–Trinajstić information content (AvgIpc) is 2.26. The number of methoxy groups -OCH3 is 1. The maximum atomic E-state index is 9.26. The first-order valence-electron chi connectivity index (χ1n) is 5.66. The molecule has 0 aliphatic carbocycles. The predicted octanol–water partition coefficient (Wildman–Crippen LogP) is 1.94. The Labute approximate surface area is 97.4 Å². The second-order valence-corrected chi connectivity index (χ2v) is 4.18. The molecule has 0 fully saturated rings. The van der Waals surface area contributed by atoms with Gasteiger partial charge in [0.05, 0.1) is 13.2 Å². The van der Waals surface area contributed by atoms with Crippen molar-refractivity contribution in [3.05, 3.63) is 29.8 Å². The van der Waals surface area contributed by atoms with E-state index >= 15 is 0 Å². The molecule has 0 aliphatic rings. The highest BCUT2D eigenvalue weighted by atomic mass is 16.5. The highest BCUT2D eigenvalue weighted by Gasteiger charge is 2.07. The van der Waals surface area contributed by atoms with E-state index in [1.165, 1.54) is 0 Å². The van der Waals surface area contributed by atoms with Crippen molar-refractivity contribution in [3.63, 3.8) is 0 Å². The Balaban J connectivity index is 2.47. The summed E-state index contributed by atoms with van der Waals surface area (Å²) in [5, 5.41) is 12.6. The first kappa shape index (κ1) is 13.0. The number of rotatable bonds is 6. The van der Waals surface area contributed by atoms with Crippen molar-refractivity contribution < 1.29 is 9.84 Å². The van der Waals surface area contributed by atoms with Gasteiger partial charge in [0.25, 0.3) is 0 Å². The molecule has 2 atom stereocenters. The highest BCUT2D eigenvalue weighted by molar-refractivity contribution is 5.32. The summed E-state index contributed by atoms with van der Waals surface area (Å²) < 4.78 is 5.27. The van der Waals surface area contributed by atoms with Gasteiger partial charge in [-0.25, -0.2) is 0 Å². The molecule has 0 amide bonds. The summed E-state index contributed by atoms with van der Waals surface area (Å²) in [5.41, 5.74) is 1.14. The molecule has 0 saturated carbocycles. The number of ether oxygens (including phenoxy) is 1. The monoisotopic (exact) mass is 223 g/mol. The van der Waals surface area contributed by atoms with Crippen LogP contribution in [0, 0.1) is 0 Å². The fraction of sp³-hybridized carbons (Fsp3) is 0.538. The summed E-state index contributed by atoms with van der Waals surface area (Å²) in [7, 11) is 1.68. The lowest BCUT2D eigenvalue weighted by Gasteiger charge is -2.16. The minimum atomic E-state index is -0.264. The summed E-state index contributed by atoms with van der Waals surface area (Å²) in [5.74, 6) is 0.902. The van der Waals surface area contributed by atoms with Crippen LogP contribution in [0.2, 0.25) is 0 Å². The quantitative estimate of drug-likeness (QED) is 0.774. The lowest BCUT2D eigenvalue weighted by molar-refractivity contribution is 0.170. The molecule has 2 unspecified atom stereocenters. The third-order valence-electron chi connectivity index (χ3n) is 2.53. The number of hydrogen-bond donors (Lipinski definition) is 2. The summed E-state index contributed by atoms with van der Waals surface area (Å²) in [6.07, 6.45) is 0.495. The Hall–Kier alpha value is -1.06. The van der Waals surface area contributed by atoms with Crippen LogP contribution in [0.25, 0.3) is 0 Å². The van der Waals surface area contributed by atoms with Gasteiger partial charge in [0.15, 0.2) is 0 Å². The number of para-hydroxylation sites is 1. The molecule has 0 spiro atoms. The van der Waals surface area contributed by atoms with Gasteiger partial charge >= 0.3 is 0 Å². The zero-order valence-corrected chi connectivity index (χ0v) is 10.2. The molecule has 0 heterocycles. The van der Waals surface area contributed by atoms with Gasteiger partial charge in [-0.2, -0.15) is 0 Å². The lowest BCUT2D eigenvalue weighted by Crippen LogP contribution is -2.28. The maximum Gasteiger partial charge on any atom is 0.123 e. The van der Waals surface area contributed by atoms with E-state index in [9.17, 15) is 5.11 Å². The lowest BCUT2D eigenvalue weighted by atomic mass is 10.1. The topological polar surface area (TPSA) is 41.5 Å². The second-order valence-electron chi connectivity index (χ2n) is 4.18. The summed E-state index contributed by atoms with van der Waals surface area (Å²) in [6, 6.07) is 8.25. The van der Waals surface area contributed by atoms with E-state index in [4.69, 9.17) is 4.74 Å². The van der Waals surface area contributed by atoms with Gasteiger partial charge in [-0.3, -0.25) is 0 Å². The summed E-state index contributed by atoms with van der Waals surface area (Å²) in [4.78, 5) is 0. The van der Waals surface area contributed by atoms with E-state index in [1.54, 1.807) is 14.0 Å². The van der Waals surface area contributed by atoms with E-state index in [-0.39, 0.29) is 6.10 Å². The molecule has 0 saturated heterocycles. The Morgan fingerprint density at radius 2 is 2.00 bits per heavy atom. The van der Waals surface area contributed by atoms with Crippen LogP contribution in [-0.4, -0.2) is 24.4 Å². The van der Waals surface area contributed by atoms with Crippen molar-refractivity contribution in [2.24, 2.45) is 0 Å². The van der Waals surface area contributed by atoms with Crippen molar-refractivity contribution in [1.29, 1.82) is 0 Å². The van der Waals surface area contributed by atoms with Gasteiger partial charge < -0.3 is 15.2 Å². The smallest absolute Gasteiger partial charge is 0.123 e. The average molecular weight is 223 g/mol. The number of hydrogen-bond acceptors (Lipinski definition) is 3. The SMILES string of the molecule is COc1ccccc1CNC(C)CC(C)O. The minimum absolute atomic E-state index is 0.264. The van der Waals surface area contributed by atoms with E-state index in [2.05, 4.69) is 12.2 Å². The molecule has 16 heavy (non-hydrogen) atoms. The van der Waals surface area contributed by atoms with Crippen molar-refractivity contribution >= 4 is 0 Å².